The van der Waals surface area contributed by atoms with E-state index in [1.807, 2.05) is 32.9 Å². The Morgan fingerprint density at radius 1 is 1.05 bits per heavy atom. The number of carbonyl (C=O) groups excluding carboxylic acids is 1. The first-order valence-corrected chi connectivity index (χ1v) is 7.34. The SMILES string of the molecule is CC(=O)Cc1cccc2c(=O)c3cc(C)c(C)c(C)c3oc12. The van der Waals surface area contributed by atoms with Gasteiger partial charge in [0.25, 0.3) is 0 Å². The molecule has 2 aromatic carbocycles. The highest BCUT2D eigenvalue weighted by molar-refractivity contribution is 5.94. The van der Waals surface area contributed by atoms with Gasteiger partial charge >= 0.3 is 0 Å². The molecule has 0 amide bonds. The van der Waals surface area contributed by atoms with Crippen LogP contribution in [0.4, 0.5) is 0 Å². The second-order valence-electron chi connectivity index (χ2n) is 5.92. The third kappa shape index (κ3) is 2.13. The number of para-hydroxylation sites is 1. The van der Waals surface area contributed by atoms with Crippen molar-refractivity contribution in [3.8, 4) is 0 Å². The van der Waals surface area contributed by atoms with Crippen LogP contribution in [0.3, 0.4) is 0 Å². The van der Waals surface area contributed by atoms with Crippen LogP contribution in [0.5, 0.6) is 0 Å². The first-order chi connectivity index (χ1) is 10.4. The highest BCUT2D eigenvalue weighted by atomic mass is 16.3. The van der Waals surface area contributed by atoms with Crippen molar-refractivity contribution >= 4 is 27.7 Å². The first-order valence-electron chi connectivity index (χ1n) is 7.34. The van der Waals surface area contributed by atoms with E-state index in [1.54, 1.807) is 12.1 Å². The van der Waals surface area contributed by atoms with Crippen LogP contribution in [-0.2, 0) is 11.2 Å². The fourth-order valence-corrected chi connectivity index (χ4v) is 2.90. The predicted octanol–water partition coefficient (Wildman–Crippen LogP) is 4.00. The Kier molecular flexibility index (Phi) is 3.36. The zero-order chi connectivity index (χ0) is 16.0. The fraction of sp³-hybridized carbons (Fsp3) is 0.263. The lowest BCUT2D eigenvalue weighted by Gasteiger charge is -2.11. The van der Waals surface area contributed by atoms with Crippen molar-refractivity contribution in [2.75, 3.05) is 0 Å². The number of ketones is 1. The molecule has 0 unspecified atom stereocenters. The maximum Gasteiger partial charge on any atom is 0.200 e. The summed E-state index contributed by atoms with van der Waals surface area (Å²) < 4.78 is 6.07. The molecule has 0 bridgehead atoms. The number of benzene rings is 2. The van der Waals surface area contributed by atoms with E-state index in [4.69, 9.17) is 4.42 Å². The van der Waals surface area contributed by atoms with Gasteiger partial charge in [0.05, 0.1) is 10.8 Å². The lowest BCUT2D eigenvalue weighted by Crippen LogP contribution is -2.07. The molecule has 1 aromatic heterocycles. The predicted molar refractivity (Wildman–Crippen MR) is 88.6 cm³/mol. The molecule has 0 aliphatic carbocycles. The van der Waals surface area contributed by atoms with E-state index in [0.29, 0.717) is 21.9 Å². The number of aryl methyl sites for hydroxylation is 2. The lowest BCUT2D eigenvalue weighted by molar-refractivity contribution is -0.116. The Morgan fingerprint density at radius 3 is 2.45 bits per heavy atom. The molecule has 0 saturated carbocycles. The van der Waals surface area contributed by atoms with Crippen molar-refractivity contribution in [1.29, 1.82) is 0 Å². The quantitative estimate of drug-likeness (QED) is 0.671. The molecule has 3 heteroatoms. The van der Waals surface area contributed by atoms with Crippen LogP contribution in [0.2, 0.25) is 0 Å². The Balaban J connectivity index is 2.50. The summed E-state index contributed by atoms with van der Waals surface area (Å²) in [7, 11) is 0. The summed E-state index contributed by atoms with van der Waals surface area (Å²) in [6.07, 6.45) is 0.273. The molecule has 3 nitrogen and oxygen atoms in total. The molecule has 22 heavy (non-hydrogen) atoms. The second-order valence-corrected chi connectivity index (χ2v) is 5.92. The van der Waals surface area contributed by atoms with E-state index >= 15 is 0 Å². The molecule has 1 heterocycles. The minimum atomic E-state index is -0.0344. The summed E-state index contributed by atoms with van der Waals surface area (Å²) in [5.74, 6) is 0.0482. The van der Waals surface area contributed by atoms with E-state index < -0.39 is 0 Å². The smallest absolute Gasteiger partial charge is 0.200 e. The Bertz CT molecular complexity index is 978. The van der Waals surface area contributed by atoms with Crippen LogP contribution < -0.4 is 5.43 Å². The standard InChI is InChI=1S/C19H18O3/c1-10-8-16-17(21)15-7-5-6-14(9-11(2)20)19(15)22-18(16)13(4)12(10)3/h5-8H,9H2,1-4H3. The molecular formula is C19H18O3. The van der Waals surface area contributed by atoms with Gasteiger partial charge in [0, 0.05) is 12.0 Å². The van der Waals surface area contributed by atoms with Gasteiger partial charge < -0.3 is 4.42 Å². The Hall–Kier alpha value is -2.42. The largest absolute Gasteiger partial charge is 0.455 e. The minimum Gasteiger partial charge on any atom is -0.455 e. The summed E-state index contributed by atoms with van der Waals surface area (Å²) >= 11 is 0. The lowest BCUT2D eigenvalue weighted by atomic mass is 9.98. The zero-order valence-corrected chi connectivity index (χ0v) is 13.2. The van der Waals surface area contributed by atoms with Crippen molar-refractivity contribution in [2.24, 2.45) is 0 Å². The summed E-state index contributed by atoms with van der Waals surface area (Å²) in [4.78, 5) is 24.2. The van der Waals surface area contributed by atoms with Crippen molar-refractivity contribution in [3.05, 3.63) is 56.7 Å². The fourth-order valence-electron chi connectivity index (χ4n) is 2.90. The third-order valence-corrected chi connectivity index (χ3v) is 4.33. The molecule has 3 rings (SSSR count). The molecule has 3 aromatic rings. The van der Waals surface area contributed by atoms with Gasteiger partial charge in [-0.3, -0.25) is 9.59 Å². The molecule has 0 atom stereocenters. The average Bonchev–Trinajstić information content (AvgIpc) is 2.47. The molecule has 0 aliphatic rings. The number of rotatable bonds is 2. The first kappa shape index (κ1) is 14.5. The van der Waals surface area contributed by atoms with Gasteiger partial charge in [0.2, 0.25) is 5.43 Å². The number of hydrogen-bond donors (Lipinski definition) is 0. The van der Waals surface area contributed by atoms with Gasteiger partial charge in [-0.2, -0.15) is 0 Å². The average molecular weight is 294 g/mol. The summed E-state index contributed by atoms with van der Waals surface area (Å²) in [6.45, 7) is 7.52. The van der Waals surface area contributed by atoms with Crippen LogP contribution in [0.15, 0.2) is 33.5 Å². The molecule has 0 N–H and O–H groups in total. The minimum absolute atomic E-state index is 0.0344. The van der Waals surface area contributed by atoms with E-state index in [1.165, 1.54) is 6.92 Å². The molecule has 0 spiro atoms. The number of hydrogen-bond acceptors (Lipinski definition) is 3. The van der Waals surface area contributed by atoms with Crippen molar-refractivity contribution in [1.82, 2.24) is 0 Å². The summed E-state index contributed by atoms with van der Waals surface area (Å²) in [5.41, 5.74) is 5.06. The molecule has 0 saturated heterocycles. The van der Waals surface area contributed by atoms with Gasteiger partial charge in [0.15, 0.2) is 0 Å². The van der Waals surface area contributed by atoms with Gasteiger partial charge in [0.1, 0.15) is 16.9 Å². The van der Waals surface area contributed by atoms with E-state index in [-0.39, 0.29) is 17.6 Å². The van der Waals surface area contributed by atoms with Crippen LogP contribution in [0.25, 0.3) is 21.9 Å². The van der Waals surface area contributed by atoms with E-state index in [2.05, 4.69) is 0 Å². The van der Waals surface area contributed by atoms with Crippen LogP contribution in [0, 0.1) is 20.8 Å². The monoisotopic (exact) mass is 294 g/mol. The highest BCUT2D eigenvalue weighted by Gasteiger charge is 2.15. The summed E-state index contributed by atoms with van der Waals surface area (Å²) in [6, 6.07) is 7.29. The molecule has 0 radical (unpaired) electrons. The zero-order valence-electron chi connectivity index (χ0n) is 13.2. The van der Waals surface area contributed by atoms with Crippen molar-refractivity contribution < 1.29 is 9.21 Å². The van der Waals surface area contributed by atoms with Gasteiger partial charge in [-0.15, -0.1) is 0 Å². The van der Waals surface area contributed by atoms with Crippen LogP contribution >= 0.6 is 0 Å². The highest BCUT2D eigenvalue weighted by Crippen LogP contribution is 2.27. The second kappa shape index (κ2) is 5.09. The summed E-state index contributed by atoms with van der Waals surface area (Å²) in [5, 5.41) is 1.14. The van der Waals surface area contributed by atoms with Crippen molar-refractivity contribution in [3.63, 3.8) is 0 Å². The van der Waals surface area contributed by atoms with Crippen LogP contribution in [-0.4, -0.2) is 5.78 Å². The Morgan fingerprint density at radius 2 is 1.77 bits per heavy atom. The van der Waals surface area contributed by atoms with Crippen molar-refractivity contribution in [2.45, 2.75) is 34.1 Å². The molecule has 112 valence electrons. The molecule has 0 aliphatic heterocycles. The van der Waals surface area contributed by atoms with Gasteiger partial charge in [-0.1, -0.05) is 12.1 Å². The topological polar surface area (TPSA) is 47.3 Å². The van der Waals surface area contributed by atoms with Crippen LogP contribution in [0.1, 0.15) is 29.2 Å². The third-order valence-electron chi connectivity index (χ3n) is 4.33. The molecule has 0 fully saturated rings. The maximum atomic E-state index is 12.8. The maximum absolute atomic E-state index is 12.8. The number of carbonyl (C=O) groups is 1. The van der Waals surface area contributed by atoms with E-state index in [0.717, 1.165) is 22.3 Å². The van der Waals surface area contributed by atoms with Gasteiger partial charge in [-0.05, 0) is 56.5 Å². The van der Waals surface area contributed by atoms with Gasteiger partial charge in [-0.25, -0.2) is 0 Å². The Labute approximate surface area is 128 Å². The van der Waals surface area contributed by atoms with E-state index in [9.17, 15) is 9.59 Å². The number of Topliss-reactive ketones (excluding diaryl/α,β-unsaturated/α-hetero) is 1. The number of fused-ring (bicyclic) bond motifs is 2. The molecular weight excluding hydrogens is 276 g/mol. The normalized spacial score (nSPS) is 11.3.